The van der Waals surface area contributed by atoms with Gasteiger partial charge < -0.3 is 4.74 Å². The van der Waals surface area contributed by atoms with Gasteiger partial charge in [0.25, 0.3) is 17.7 Å². The maximum absolute atomic E-state index is 13.5. The van der Waals surface area contributed by atoms with E-state index in [0.717, 1.165) is 27.3 Å². The van der Waals surface area contributed by atoms with Gasteiger partial charge in [-0.3, -0.25) is 19.8 Å². The molecule has 6 heteroatoms. The summed E-state index contributed by atoms with van der Waals surface area (Å²) in [5.41, 5.74) is 7.30. The smallest absolute Gasteiger partial charge is 0.270 e. The fraction of sp³-hybridized carbons (Fsp3) is 0.192. The average Bonchev–Trinajstić information content (AvgIpc) is 3.09. The molecule has 0 spiro atoms. The Kier molecular flexibility index (Phi) is 3.99. The zero-order chi connectivity index (χ0) is 22.0. The van der Waals surface area contributed by atoms with Crippen molar-refractivity contribution in [2.45, 2.75) is 11.8 Å². The van der Waals surface area contributed by atoms with Gasteiger partial charge in [-0.05, 0) is 46.5 Å². The Hall–Kier alpha value is -3.93. The van der Waals surface area contributed by atoms with Crippen LogP contribution in [0.25, 0.3) is 0 Å². The van der Waals surface area contributed by atoms with E-state index in [1.165, 1.54) is 0 Å². The fourth-order valence-corrected chi connectivity index (χ4v) is 5.70. The zero-order valence-corrected chi connectivity index (χ0v) is 17.3. The van der Waals surface area contributed by atoms with Crippen LogP contribution < -0.4 is 10.2 Å². The molecule has 3 amide bonds. The molecule has 1 saturated heterocycles. The number of rotatable bonds is 3. The highest BCUT2D eigenvalue weighted by Crippen LogP contribution is 2.60. The second-order valence-electron chi connectivity index (χ2n) is 8.45. The highest BCUT2D eigenvalue weighted by molar-refractivity contribution is 6.09. The number of ether oxygens (including phenoxy) is 1. The molecule has 1 heterocycles. The summed E-state index contributed by atoms with van der Waals surface area (Å²) in [7, 11) is 1.54. The predicted molar refractivity (Wildman–Crippen MR) is 116 cm³/mol. The van der Waals surface area contributed by atoms with Gasteiger partial charge in [-0.2, -0.15) is 5.01 Å². The summed E-state index contributed by atoms with van der Waals surface area (Å²) in [5, 5.41) is 0.944. The van der Waals surface area contributed by atoms with Crippen molar-refractivity contribution in [3.8, 4) is 5.75 Å². The summed E-state index contributed by atoms with van der Waals surface area (Å²) in [6.07, 6.45) is 0. The largest absolute Gasteiger partial charge is 0.497 e. The first kappa shape index (κ1) is 18.8. The van der Waals surface area contributed by atoms with Crippen LogP contribution in [0, 0.1) is 11.8 Å². The molecule has 0 radical (unpaired) electrons. The van der Waals surface area contributed by atoms with Crippen molar-refractivity contribution < 1.29 is 19.1 Å². The SMILES string of the molecule is COc1ccc(C(=O)NN2C(=O)C3C4c5ccccc5C(c5ccccc54)C3C2=O)cc1. The van der Waals surface area contributed by atoms with Gasteiger partial charge >= 0.3 is 0 Å². The van der Waals surface area contributed by atoms with Crippen molar-refractivity contribution in [1.29, 1.82) is 0 Å². The predicted octanol–water partition coefficient (Wildman–Crippen LogP) is 3.23. The minimum absolute atomic E-state index is 0.197. The molecule has 3 aromatic rings. The van der Waals surface area contributed by atoms with Crippen molar-refractivity contribution in [3.05, 3.63) is 101 Å². The van der Waals surface area contributed by atoms with E-state index in [4.69, 9.17) is 4.74 Å². The Morgan fingerprint density at radius 3 is 1.59 bits per heavy atom. The van der Waals surface area contributed by atoms with Crippen LogP contribution in [-0.4, -0.2) is 29.8 Å². The number of amides is 3. The zero-order valence-electron chi connectivity index (χ0n) is 17.3. The van der Waals surface area contributed by atoms with Crippen LogP contribution in [0.15, 0.2) is 72.8 Å². The van der Waals surface area contributed by atoms with Crippen LogP contribution in [0.5, 0.6) is 5.75 Å². The highest BCUT2D eigenvalue weighted by atomic mass is 16.5. The molecule has 0 aromatic heterocycles. The van der Waals surface area contributed by atoms with Crippen molar-refractivity contribution in [2.75, 3.05) is 7.11 Å². The molecule has 1 fully saturated rings. The van der Waals surface area contributed by atoms with Gasteiger partial charge in [0.05, 0.1) is 18.9 Å². The van der Waals surface area contributed by atoms with E-state index in [2.05, 4.69) is 29.7 Å². The van der Waals surface area contributed by atoms with Crippen LogP contribution in [-0.2, 0) is 9.59 Å². The van der Waals surface area contributed by atoms with E-state index in [9.17, 15) is 14.4 Å². The lowest BCUT2D eigenvalue weighted by atomic mass is 9.55. The van der Waals surface area contributed by atoms with Crippen molar-refractivity contribution >= 4 is 17.7 Å². The molecule has 4 aliphatic rings. The molecule has 2 atom stereocenters. The topological polar surface area (TPSA) is 75.7 Å². The minimum atomic E-state index is -0.520. The molecular weight excluding hydrogens is 404 g/mol. The van der Waals surface area contributed by atoms with Gasteiger partial charge in [-0.15, -0.1) is 0 Å². The van der Waals surface area contributed by atoms with Gasteiger partial charge in [0.2, 0.25) is 0 Å². The Morgan fingerprint density at radius 2 is 1.19 bits per heavy atom. The molecule has 1 N–H and O–H groups in total. The molecule has 7 rings (SSSR count). The van der Waals surface area contributed by atoms with Gasteiger partial charge in [-0.25, -0.2) is 0 Å². The highest BCUT2D eigenvalue weighted by Gasteiger charge is 2.62. The van der Waals surface area contributed by atoms with Crippen molar-refractivity contribution in [1.82, 2.24) is 10.4 Å². The van der Waals surface area contributed by atoms with Gasteiger partial charge in [0, 0.05) is 17.4 Å². The van der Waals surface area contributed by atoms with Gasteiger partial charge in [-0.1, -0.05) is 48.5 Å². The van der Waals surface area contributed by atoms with E-state index in [0.29, 0.717) is 11.3 Å². The third-order valence-electron chi connectivity index (χ3n) is 7.01. The molecular formula is C26H20N2O4. The first-order valence-corrected chi connectivity index (χ1v) is 10.6. The summed E-state index contributed by atoms with van der Waals surface area (Å²) in [5.74, 6) is -2.01. The first-order valence-electron chi connectivity index (χ1n) is 10.6. The second-order valence-corrected chi connectivity index (χ2v) is 8.45. The number of hydrazine groups is 1. The average molecular weight is 424 g/mol. The van der Waals surface area contributed by atoms with E-state index in [1.807, 2.05) is 24.3 Å². The number of hydrogen-bond donors (Lipinski definition) is 1. The lowest BCUT2D eigenvalue weighted by Gasteiger charge is -2.45. The lowest BCUT2D eigenvalue weighted by Crippen LogP contribution is -2.46. The number of carbonyl (C=O) groups is 3. The van der Waals surface area contributed by atoms with E-state index >= 15 is 0 Å². The third kappa shape index (κ3) is 2.43. The molecule has 32 heavy (non-hydrogen) atoms. The molecule has 3 aliphatic carbocycles. The molecule has 2 bridgehead atoms. The Morgan fingerprint density at radius 1 is 0.750 bits per heavy atom. The monoisotopic (exact) mass is 424 g/mol. The van der Waals surface area contributed by atoms with Crippen LogP contribution in [0.3, 0.4) is 0 Å². The van der Waals surface area contributed by atoms with E-state index < -0.39 is 17.7 Å². The number of imide groups is 1. The van der Waals surface area contributed by atoms with Crippen molar-refractivity contribution in [3.63, 3.8) is 0 Å². The van der Waals surface area contributed by atoms with E-state index in [-0.39, 0.29) is 23.7 Å². The number of methoxy groups -OCH3 is 1. The number of nitrogens with zero attached hydrogens (tertiary/aromatic N) is 1. The Labute approximate surface area is 184 Å². The standard InChI is InChI=1S/C26H20N2O4/c1-32-15-12-10-14(11-13-15)24(29)27-28-25(30)22-20-16-6-2-3-7-17(16)21(23(22)26(28)31)19-9-5-4-8-18(19)20/h2-13,20-23H,1H3,(H,27,29). The summed E-state index contributed by atoms with van der Waals surface area (Å²) in [6.45, 7) is 0. The molecule has 1 aliphatic heterocycles. The molecule has 6 nitrogen and oxygen atoms in total. The lowest BCUT2D eigenvalue weighted by molar-refractivity contribution is -0.142. The molecule has 0 saturated carbocycles. The number of hydrogen-bond acceptors (Lipinski definition) is 4. The van der Waals surface area contributed by atoms with E-state index in [1.54, 1.807) is 31.4 Å². The summed E-state index contributed by atoms with van der Waals surface area (Å²) < 4.78 is 5.12. The van der Waals surface area contributed by atoms with Crippen LogP contribution in [0.4, 0.5) is 0 Å². The third-order valence-corrected chi connectivity index (χ3v) is 7.01. The quantitative estimate of drug-likeness (QED) is 0.655. The Balaban J connectivity index is 1.38. The first-order chi connectivity index (χ1) is 15.6. The maximum Gasteiger partial charge on any atom is 0.270 e. The van der Waals surface area contributed by atoms with Crippen molar-refractivity contribution in [2.24, 2.45) is 11.8 Å². The number of nitrogens with one attached hydrogen (secondary N) is 1. The maximum atomic E-state index is 13.5. The summed E-state index contributed by atoms with van der Waals surface area (Å²) >= 11 is 0. The normalized spacial score (nSPS) is 24.6. The summed E-state index contributed by atoms with van der Waals surface area (Å²) in [6, 6.07) is 22.6. The Bertz CT molecular complexity index is 1170. The minimum Gasteiger partial charge on any atom is -0.497 e. The van der Waals surface area contributed by atoms with Crippen LogP contribution in [0.2, 0.25) is 0 Å². The van der Waals surface area contributed by atoms with Gasteiger partial charge in [0.1, 0.15) is 5.75 Å². The van der Waals surface area contributed by atoms with Crippen LogP contribution >= 0.6 is 0 Å². The van der Waals surface area contributed by atoms with Gasteiger partial charge in [0.15, 0.2) is 0 Å². The number of carbonyl (C=O) groups excluding carboxylic acids is 3. The summed E-state index contributed by atoms with van der Waals surface area (Å²) in [4.78, 5) is 39.8. The molecule has 2 unspecified atom stereocenters. The number of benzene rings is 3. The molecule has 3 aromatic carbocycles. The van der Waals surface area contributed by atoms with Crippen LogP contribution in [0.1, 0.15) is 44.4 Å². The fourth-order valence-electron chi connectivity index (χ4n) is 5.70. The molecule has 158 valence electrons. The second kappa shape index (κ2) is 6.79.